The molecular weight excluding hydrogens is 194 g/mol. The van der Waals surface area contributed by atoms with Crippen LogP contribution in [0.15, 0.2) is 30.3 Å². The van der Waals surface area contributed by atoms with Crippen molar-refractivity contribution in [3.05, 3.63) is 35.9 Å². The molecule has 0 aromatic heterocycles. The van der Waals surface area contributed by atoms with Gasteiger partial charge in [0.15, 0.2) is 0 Å². The van der Waals surface area contributed by atoms with E-state index in [9.17, 15) is 4.79 Å². The molecule has 1 aliphatic heterocycles. The van der Waals surface area contributed by atoms with Crippen LogP contribution in [0.3, 0.4) is 0 Å². The van der Waals surface area contributed by atoms with Crippen molar-refractivity contribution in [1.29, 1.82) is 0 Å². The van der Waals surface area contributed by atoms with E-state index >= 15 is 0 Å². The molecule has 2 nitrogen and oxygen atoms in total. The van der Waals surface area contributed by atoms with Crippen molar-refractivity contribution in [2.45, 2.75) is 0 Å². The molecule has 0 atom stereocenters. The fourth-order valence-corrected chi connectivity index (χ4v) is 3.42. The van der Waals surface area contributed by atoms with Crippen molar-refractivity contribution < 1.29 is 4.79 Å². The number of carbonyl (C=O) groups is 1. The van der Waals surface area contributed by atoms with Crippen molar-refractivity contribution in [1.82, 2.24) is 4.90 Å². The summed E-state index contributed by atoms with van der Waals surface area (Å²) >= 11 is 0.171. The number of nitrogens with zero attached hydrogens (tertiary/aromatic N) is 1. The van der Waals surface area contributed by atoms with E-state index < -0.39 is 0 Å². The van der Waals surface area contributed by atoms with Gasteiger partial charge in [-0.2, -0.15) is 0 Å². The first kappa shape index (κ1) is 9.59. The molecule has 0 saturated carbocycles. The van der Waals surface area contributed by atoms with E-state index in [1.54, 1.807) is 0 Å². The SMILES string of the molecule is O=C(c1ccccc1)N1CC[SH4]CC1. The van der Waals surface area contributed by atoms with Gasteiger partial charge in [-0.15, -0.1) is 0 Å². The Morgan fingerprint density at radius 2 is 1.79 bits per heavy atom. The molecule has 1 fully saturated rings. The number of hydrogen-bond acceptors (Lipinski definition) is 1. The molecule has 0 aliphatic carbocycles. The highest BCUT2D eigenvalue weighted by molar-refractivity contribution is 7.99. The average Bonchev–Trinajstić information content (AvgIpc) is 2.30. The van der Waals surface area contributed by atoms with E-state index in [4.69, 9.17) is 0 Å². The zero-order chi connectivity index (χ0) is 9.80. The fourth-order valence-electron chi connectivity index (χ4n) is 1.86. The minimum atomic E-state index is 0.171. The van der Waals surface area contributed by atoms with Gasteiger partial charge in [-0.3, -0.25) is 4.79 Å². The predicted octanol–water partition coefficient (Wildman–Crippen LogP) is 0.805. The molecule has 14 heavy (non-hydrogen) atoms. The van der Waals surface area contributed by atoms with Crippen molar-refractivity contribution >= 4 is 17.7 Å². The Balaban J connectivity index is 2.07. The summed E-state index contributed by atoms with van der Waals surface area (Å²) in [6, 6.07) is 9.58. The molecule has 0 unspecified atom stereocenters. The van der Waals surface area contributed by atoms with Crippen LogP contribution in [0.5, 0.6) is 0 Å². The molecule has 1 amide bonds. The Morgan fingerprint density at radius 1 is 1.14 bits per heavy atom. The summed E-state index contributed by atoms with van der Waals surface area (Å²) in [7, 11) is 0. The van der Waals surface area contributed by atoms with Crippen LogP contribution in [0.4, 0.5) is 0 Å². The molecule has 2 rings (SSSR count). The highest BCUT2D eigenvalue weighted by atomic mass is 32.2. The van der Waals surface area contributed by atoms with Gasteiger partial charge < -0.3 is 16.7 Å². The number of amides is 1. The summed E-state index contributed by atoms with van der Waals surface area (Å²) in [5.41, 5.74) is 0.830. The van der Waals surface area contributed by atoms with Gasteiger partial charge in [-0.1, -0.05) is 18.2 Å². The highest BCUT2D eigenvalue weighted by Gasteiger charge is 2.16. The molecule has 0 bridgehead atoms. The normalized spacial score (nSPS) is 17.3. The fraction of sp³-hybridized carbons (Fsp3) is 0.364. The zero-order valence-corrected chi connectivity index (χ0v) is 9.69. The van der Waals surface area contributed by atoms with Gasteiger partial charge in [-0.25, -0.2) is 0 Å². The van der Waals surface area contributed by atoms with Crippen LogP contribution in [-0.2, 0) is 0 Å². The summed E-state index contributed by atoms with van der Waals surface area (Å²) in [6.07, 6.45) is 0. The second-order valence-electron chi connectivity index (χ2n) is 3.72. The monoisotopic (exact) mass is 211 g/mol. The van der Waals surface area contributed by atoms with E-state index in [1.807, 2.05) is 35.2 Å². The number of carbonyl (C=O) groups excluding carboxylic acids is 1. The summed E-state index contributed by atoms with van der Waals surface area (Å²) in [4.78, 5) is 13.9. The van der Waals surface area contributed by atoms with E-state index in [0.29, 0.717) is 0 Å². The lowest BCUT2D eigenvalue weighted by molar-refractivity contribution is 0.0772. The molecule has 1 heterocycles. The minimum absolute atomic E-state index is 0.171. The van der Waals surface area contributed by atoms with Gasteiger partial charge in [0.05, 0.1) is 0 Å². The Hall–Kier alpha value is -0.960. The third-order valence-electron chi connectivity index (χ3n) is 2.66. The van der Waals surface area contributed by atoms with Crippen molar-refractivity contribution in [2.75, 3.05) is 24.6 Å². The number of rotatable bonds is 1. The molecule has 1 saturated heterocycles. The van der Waals surface area contributed by atoms with Gasteiger partial charge in [0, 0.05) is 18.7 Å². The predicted molar refractivity (Wildman–Crippen MR) is 65.3 cm³/mol. The maximum absolute atomic E-state index is 11.9. The minimum Gasteiger partial charge on any atom is -0.337 e. The van der Waals surface area contributed by atoms with Gasteiger partial charge in [-0.05, 0) is 23.6 Å². The molecule has 0 radical (unpaired) electrons. The van der Waals surface area contributed by atoms with Crippen molar-refractivity contribution in [3.63, 3.8) is 0 Å². The Bertz CT molecular complexity index is 306. The molecule has 1 aliphatic rings. The number of hydrogen-bond donors (Lipinski definition) is 0. The second kappa shape index (κ2) is 4.51. The van der Waals surface area contributed by atoms with Crippen LogP contribution in [0.25, 0.3) is 0 Å². The molecule has 3 heteroatoms. The molecule has 1 aromatic carbocycles. The lowest BCUT2D eigenvalue weighted by Gasteiger charge is -2.28. The van der Waals surface area contributed by atoms with Crippen molar-refractivity contribution in [2.24, 2.45) is 0 Å². The summed E-state index contributed by atoms with van der Waals surface area (Å²) in [5.74, 6) is 2.79. The third kappa shape index (κ3) is 2.10. The van der Waals surface area contributed by atoms with Gasteiger partial charge in [0.25, 0.3) is 5.91 Å². The van der Waals surface area contributed by atoms with Crippen LogP contribution in [-0.4, -0.2) is 35.4 Å². The van der Waals surface area contributed by atoms with Crippen molar-refractivity contribution in [3.8, 4) is 0 Å². The van der Waals surface area contributed by atoms with Crippen LogP contribution in [0.1, 0.15) is 10.4 Å². The summed E-state index contributed by atoms with van der Waals surface area (Å²) in [6.45, 7) is 1.97. The molecular formula is C11H17NOS. The van der Waals surface area contributed by atoms with Crippen LogP contribution >= 0.6 is 11.8 Å². The topological polar surface area (TPSA) is 20.3 Å². The van der Waals surface area contributed by atoms with E-state index in [2.05, 4.69) is 0 Å². The highest BCUT2D eigenvalue weighted by Crippen LogP contribution is 2.12. The van der Waals surface area contributed by atoms with E-state index in [0.717, 1.165) is 18.7 Å². The van der Waals surface area contributed by atoms with E-state index in [1.165, 1.54) is 11.5 Å². The van der Waals surface area contributed by atoms with E-state index in [-0.39, 0.29) is 17.7 Å². The van der Waals surface area contributed by atoms with Gasteiger partial charge in [0.1, 0.15) is 0 Å². The first-order valence-electron chi connectivity index (χ1n) is 5.22. The van der Waals surface area contributed by atoms with Gasteiger partial charge in [0.2, 0.25) is 0 Å². The lowest BCUT2D eigenvalue weighted by atomic mass is 10.2. The molecule has 1 aromatic rings. The molecule has 78 valence electrons. The Kier molecular flexibility index (Phi) is 3.09. The maximum Gasteiger partial charge on any atom is 0.253 e. The maximum atomic E-state index is 11.9. The zero-order valence-electron chi connectivity index (χ0n) is 8.28. The Labute approximate surface area is 88.3 Å². The lowest BCUT2D eigenvalue weighted by Crippen LogP contribution is -2.37. The Morgan fingerprint density at radius 3 is 2.43 bits per heavy atom. The quantitative estimate of drug-likeness (QED) is 0.673. The first-order chi connectivity index (χ1) is 6.88. The molecule has 0 spiro atoms. The number of benzene rings is 1. The van der Waals surface area contributed by atoms with Crippen LogP contribution in [0, 0.1) is 0 Å². The largest absolute Gasteiger partial charge is 0.337 e. The smallest absolute Gasteiger partial charge is 0.253 e. The van der Waals surface area contributed by atoms with Crippen LogP contribution in [0.2, 0.25) is 0 Å². The second-order valence-corrected chi connectivity index (χ2v) is 5.84. The van der Waals surface area contributed by atoms with Crippen LogP contribution < -0.4 is 0 Å². The standard InChI is InChI=1S/C11H17NOS/c13-11(10-4-2-1-3-5-10)12-6-8-14-9-7-12/h1-5H,6-9H2,14H4. The third-order valence-corrected chi connectivity index (χ3v) is 4.30. The average molecular weight is 211 g/mol. The molecule has 0 N–H and O–H groups in total. The summed E-state index contributed by atoms with van der Waals surface area (Å²) in [5, 5.41) is 0. The van der Waals surface area contributed by atoms with Gasteiger partial charge >= 0.3 is 0 Å². The summed E-state index contributed by atoms with van der Waals surface area (Å²) < 4.78 is 0. The first-order valence-corrected chi connectivity index (χ1v) is 7.22.